The Morgan fingerprint density at radius 3 is 2.83 bits per heavy atom. The SMILES string of the molecule is CCc1cccc(C(=O)C2CCCC(N)C2)c1.Cl. The van der Waals surface area contributed by atoms with Crippen molar-refractivity contribution in [2.75, 3.05) is 0 Å². The Morgan fingerprint density at radius 1 is 1.39 bits per heavy atom. The van der Waals surface area contributed by atoms with Crippen LogP contribution in [0.5, 0.6) is 0 Å². The van der Waals surface area contributed by atoms with Crippen LogP contribution in [0.4, 0.5) is 0 Å². The molecule has 2 atom stereocenters. The second kappa shape index (κ2) is 6.91. The summed E-state index contributed by atoms with van der Waals surface area (Å²) in [6.45, 7) is 2.11. The zero-order chi connectivity index (χ0) is 12.3. The molecule has 3 heteroatoms. The van der Waals surface area contributed by atoms with E-state index in [1.54, 1.807) is 0 Å². The summed E-state index contributed by atoms with van der Waals surface area (Å²) in [4.78, 5) is 12.4. The molecule has 0 bridgehead atoms. The monoisotopic (exact) mass is 267 g/mol. The molecule has 1 aromatic carbocycles. The van der Waals surface area contributed by atoms with Gasteiger partial charge in [-0.25, -0.2) is 0 Å². The summed E-state index contributed by atoms with van der Waals surface area (Å²) < 4.78 is 0. The molecule has 100 valence electrons. The van der Waals surface area contributed by atoms with Crippen LogP contribution in [0.15, 0.2) is 24.3 Å². The van der Waals surface area contributed by atoms with Gasteiger partial charge in [-0.3, -0.25) is 4.79 Å². The first kappa shape index (κ1) is 15.2. The molecule has 1 aromatic rings. The molecular weight excluding hydrogens is 246 g/mol. The van der Waals surface area contributed by atoms with Crippen LogP contribution in [0.1, 0.15) is 48.5 Å². The molecule has 0 heterocycles. The highest BCUT2D eigenvalue weighted by Gasteiger charge is 2.26. The summed E-state index contributed by atoms with van der Waals surface area (Å²) in [5.74, 6) is 0.432. The summed E-state index contributed by atoms with van der Waals surface area (Å²) >= 11 is 0. The fraction of sp³-hybridized carbons (Fsp3) is 0.533. The first-order valence-corrected chi connectivity index (χ1v) is 6.59. The maximum atomic E-state index is 12.4. The van der Waals surface area contributed by atoms with Crippen LogP contribution in [0.2, 0.25) is 0 Å². The predicted octanol–water partition coefficient (Wildman–Crippen LogP) is 3.37. The van der Waals surface area contributed by atoms with Crippen molar-refractivity contribution in [3.05, 3.63) is 35.4 Å². The molecule has 0 radical (unpaired) electrons. The van der Waals surface area contributed by atoms with Gasteiger partial charge in [0.15, 0.2) is 5.78 Å². The van der Waals surface area contributed by atoms with E-state index in [0.717, 1.165) is 37.7 Å². The fourth-order valence-corrected chi connectivity index (χ4v) is 2.65. The van der Waals surface area contributed by atoms with E-state index in [2.05, 4.69) is 13.0 Å². The van der Waals surface area contributed by atoms with E-state index in [1.807, 2.05) is 18.2 Å². The van der Waals surface area contributed by atoms with Crippen LogP contribution in [0.25, 0.3) is 0 Å². The topological polar surface area (TPSA) is 43.1 Å². The van der Waals surface area contributed by atoms with Gasteiger partial charge in [-0.05, 0) is 37.3 Å². The molecule has 0 aliphatic heterocycles. The molecule has 0 aromatic heterocycles. The van der Waals surface area contributed by atoms with Gasteiger partial charge in [-0.2, -0.15) is 0 Å². The first-order valence-electron chi connectivity index (χ1n) is 6.59. The van der Waals surface area contributed by atoms with Gasteiger partial charge in [0.25, 0.3) is 0 Å². The zero-order valence-electron chi connectivity index (χ0n) is 10.9. The maximum absolute atomic E-state index is 12.4. The van der Waals surface area contributed by atoms with Gasteiger partial charge in [0, 0.05) is 17.5 Å². The molecule has 1 aliphatic carbocycles. The quantitative estimate of drug-likeness (QED) is 0.854. The lowest BCUT2D eigenvalue weighted by Gasteiger charge is -2.25. The number of nitrogens with two attached hydrogens (primary N) is 1. The number of carbonyl (C=O) groups is 1. The van der Waals surface area contributed by atoms with Crippen molar-refractivity contribution < 1.29 is 4.79 Å². The number of ketones is 1. The normalized spacial score (nSPS) is 23.2. The molecule has 2 nitrogen and oxygen atoms in total. The Bertz CT molecular complexity index is 405. The fourth-order valence-electron chi connectivity index (χ4n) is 2.65. The van der Waals surface area contributed by atoms with E-state index >= 15 is 0 Å². The third-order valence-corrected chi connectivity index (χ3v) is 3.71. The van der Waals surface area contributed by atoms with Gasteiger partial charge >= 0.3 is 0 Å². The standard InChI is InChI=1S/C15H21NO.ClH/c1-2-11-5-3-6-12(9-11)15(17)13-7-4-8-14(16)10-13;/h3,5-6,9,13-14H,2,4,7-8,10,16H2,1H3;1H. The third kappa shape index (κ3) is 3.56. The van der Waals surface area contributed by atoms with Gasteiger partial charge in [0.2, 0.25) is 0 Å². The van der Waals surface area contributed by atoms with Crippen molar-refractivity contribution >= 4 is 18.2 Å². The van der Waals surface area contributed by atoms with Gasteiger partial charge in [-0.15, -0.1) is 12.4 Å². The number of hydrogen-bond acceptors (Lipinski definition) is 2. The minimum absolute atomic E-state index is 0. The van der Waals surface area contributed by atoms with E-state index in [-0.39, 0.29) is 30.2 Å². The number of benzene rings is 1. The molecule has 2 rings (SSSR count). The number of halogens is 1. The maximum Gasteiger partial charge on any atom is 0.166 e. The second-order valence-corrected chi connectivity index (χ2v) is 5.04. The second-order valence-electron chi connectivity index (χ2n) is 5.04. The lowest BCUT2D eigenvalue weighted by Crippen LogP contribution is -2.31. The van der Waals surface area contributed by atoms with Gasteiger partial charge < -0.3 is 5.73 Å². The van der Waals surface area contributed by atoms with Gasteiger partial charge in [-0.1, -0.05) is 31.5 Å². The number of hydrogen-bond donors (Lipinski definition) is 1. The van der Waals surface area contributed by atoms with Crippen molar-refractivity contribution in [2.45, 2.75) is 45.1 Å². The Hall–Kier alpha value is -0.860. The van der Waals surface area contributed by atoms with E-state index in [4.69, 9.17) is 5.73 Å². The van der Waals surface area contributed by atoms with Crippen LogP contribution in [-0.4, -0.2) is 11.8 Å². The Morgan fingerprint density at radius 2 is 2.17 bits per heavy atom. The molecule has 0 amide bonds. The van der Waals surface area contributed by atoms with E-state index in [9.17, 15) is 4.79 Å². The van der Waals surface area contributed by atoms with E-state index < -0.39 is 0 Å². The highest BCUT2D eigenvalue weighted by molar-refractivity contribution is 5.98. The molecule has 0 saturated heterocycles. The minimum Gasteiger partial charge on any atom is -0.328 e. The largest absolute Gasteiger partial charge is 0.328 e. The molecule has 2 unspecified atom stereocenters. The van der Waals surface area contributed by atoms with Crippen LogP contribution in [-0.2, 0) is 6.42 Å². The minimum atomic E-state index is 0. The number of aryl methyl sites for hydroxylation is 1. The summed E-state index contributed by atoms with van der Waals surface area (Å²) in [7, 11) is 0. The Balaban J connectivity index is 0.00000162. The summed E-state index contributed by atoms with van der Waals surface area (Å²) in [6.07, 6.45) is 4.99. The van der Waals surface area contributed by atoms with Gasteiger partial charge in [0.1, 0.15) is 0 Å². The van der Waals surface area contributed by atoms with Gasteiger partial charge in [0.05, 0.1) is 0 Å². The van der Waals surface area contributed by atoms with Crippen LogP contribution in [0.3, 0.4) is 0 Å². The smallest absolute Gasteiger partial charge is 0.166 e. The molecule has 1 aliphatic rings. The van der Waals surface area contributed by atoms with Crippen LogP contribution in [0, 0.1) is 5.92 Å². The van der Waals surface area contributed by atoms with Crippen molar-refractivity contribution in [1.82, 2.24) is 0 Å². The predicted molar refractivity (Wildman–Crippen MR) is 77.3 cm³/mol. The Kier molecular flexibility index (Phi) is 5.83. The summed E-state index contributed by atoms with van der Waals surface area (Å²) in [6, 6.07) is 8.23. The van der Waals surface area contributed by atoms with Crippen molar-refractivity contribution in [1.29, 1.82) is 0 Å². The molecule has 1 fully saturated rings. The first-order chi connectivity index (χ1) is 8.20. The average Bonchev–Trinajstić information content (AvgIpc) is 2.38. The highest BCUT2D eigenvalue weighted by atomic mass is 35.5. The molecule has 18 heavy (non-hydrogen) atoms. The van der Waals surface area contributed by atoms with E-state index in [0.29, 0.717) is 0 Å². The Labute approximate surface area is 115 Å². The number of Topliss-reactive ketones (excluding diaryl/α,β-unsaturated/α-hetero) is 1. The highest BCUT2D eigenvalue weighted by Crippen LogP contribution is 2.26. The van der Waals surface area contributed by atoms with Crippen molar-refractivity contribution in [3.63, 3.8) is 0 Å². The van der Waals surface area contributed by atoms with E-state index in [1.165, 1.54) is 5.56 Å². The number of rotatable bonds is 3. The molecule has 0 spiro atoms. The van der Waals surface area contributed by atoms with Crippen LogP contribution >= 0.6 is 12.4 Å². The zero-order valence-corrected chi connectivity index (χ0v) is 11.7. The lowest BCUT2D eigenvalue weighted by atomic mass is 9.81. The third-order valence-electron chi connectivity index (χ3n) is 3.71. The molecule has 1 saturated carbocycles. The summed E-state index contributed by atoms with van der Waals surface area (Å²) in [5, 5.41) is 0. The summed E-state index contributed by atoms with van der Waals surface area (Å²) in [5.41, 5.74) is 8.04. The molecular formula is C15H22ClNO. The number of carbonyl (C=O) groups excluding carboxylic acids is 1. The average molecular weight is 268 g/mol. The van der Waals surface area contributed by atoms with Crippen LogP contribution < -0.4 is 5.73 Å². The van der Waals surface area contributed by atoms with Crippen molar-refractivity contribution in [3.8, 4) is 0 Å². The van der Waals surface area contributed by atoms with Crippen molar-refractivity contribution in [2.24, 2.45) is 11.7 Å². The molecule has 2 N–H and O–H groups in total. The lowest BCUT2D eigenvalue weighted by molar-refractivity contribution is 0.0881.